The number of tetrazole rings is 1. The van der Waals surface area contributed by atoms with Crippen LogP contribution in [0.5, 0.6) is 0 Å². The van der Waals surface area contributed by atoms with E-state index in [-0.39, 0.29) is 17.2 Å². The molecule has 2 aromatic carbocycles. The molecule has 0 aliphatic heterocycles. The first kappa shape index (κ1) is 21.0. The van der Waals surface area contributed by atoms with Crippen LogP contribution >= 0.6 is 11.8 Å². The zero-order valence-corrected chi connectivity index (χ0v) is 17.3. The fourth-order valence-electron chi connectivity index (χ4n) is 2.78. The summed E-state index contributed by atoms with van der Waals surface area (Å²) < 4.78 is 7.17. The van der Waals surface area contributed by atoms with Crippen LogP contribution in [-0.4, -0.2) is 49.2 Å². The SMILES string of the molecule is O=C(CSc1nnnn1-c1ccccc1)NN=Cc1ccc(-c2ccccc2C(=O)O)o1. The van der Waals surface area contributed by atoms with Crippen LogP contribution in [0.15, 0.2) is 81.4 Å². The summed E-state index contributed by atoms with van der Waals surface area (Å²) in [7, 11) is 0. The Bertz CT molecular complexity index is 1270. The Kier molecular flexibility index (Phi) is 6.37. The number of hydrogen-bond acceptors (Lipinski definition) is 8. The minimum absolute atomic E-state index is 0.0555. The third-order valence-electron chi connectivity index (χ3n) is 4.20. The standard InChI is InChI=1S/C21H16N6O4S/c28-19(13-32-21-24-25-26-27(21)14-6-2-1-3-7-14)23-22-12-15-10-11-18(31-15)16-8-4-5-9-17(16)20(29)30/h1-12H,13H2,(H,23,28)(H,29,30). The molecule has 1 amide bonds. The molecule has 160 valence electrons. The van der Waals surface area contributed by atoms with Gasteiger partial charge in [-0.05, 0) is 40.8 Å². The van der Waals surface area contributed by atoms with Crippen molar-refractivity contribution in [2.24, 2.45) is 5.10 Å². The maximum atomic E-state index is 12.1. The van der Waals surface area contributed by atoms with Crippen LogP contribution < -0.4 is 5.43 Å². The molecule has 0 bridgehead atoms. The predicted molar refractivity (Wildman–Crippen MR) is 117 cm³/mol. The molecule has 4 rings (SSSR count). The number of thioether (sulfide) groups is 1. The van der Waals surface area contributed by atoms with E-state index < -0.39 is 5.97 Å². The van der Waals surface area contributed by atoms with Crippen LogP contribution in [0.4, 0.5) is 0 Å². The third-order valence-corrected chi connectivity index (χ3v) is 5.12. The minimum Gasteiger partial charge on any atom is -0.478 e. The minimum atomic E-state index is -1.05. The average molecular weight is 448 g/mol. The van der Waals surface area contributed by atoms with Crippen LogP contribution in [0.3, 0.4) is 0 Å². The van der Waals surface area contributed by atoms with Crippen molar-refractivity contribution in [3.8, 4) is 17.0 Å². The van der Waals surface area contributed by atoms with Gasteiger partial charge >= 0.3 is 5.97 Å². The number of furan rings is 1. The van der Waals surface area contributed by atoms with Crippen molar-refractivity contribution in [2.45, 2.75) is 5.16 Å². The molecule has 10 nitrogen and oxygen atoms in total. The molecule has 0 saturated heterocycles. The number of benzene rings is 2. The van der Waals surface area contributed by atoms with E-state index in [9.17, 15) is 14.7 Å². The number of para-hydroxylation sites is 1. The molecular formula is C21H16N6O4S. The highest BCUT2D eigenvalue weighted by Crippen LogP contribution is 2.25. The lowest BCUT2D eigenvalue weighted by Crippen LogP contribution is -2.19. The number of rotatable bonds is 8. The van der Waals surface area contributed by atoms with E-state index in [1.165, 1.54) is 24.0 Å². The Hall–Kier alpha value is -4.25. The Morgan fingerprint density at radius 3 is 2.69 bits per heavy atom. The van der Waals surface area contributed by atoms with Crippen LogP contribution in [0, 0.1) is 0 Å². The number of hydrazone groups is 1. The van der Waals surface area contributed by atoms with Gasteiger partial charge in [0.25, 0.3) is 5.91 Å². The van der Waals surface area contributed by atoms with Crippen molar-refractivity contribution in [1.82, 2.24) is 25.6 Å². The number of carbonyl (C=O) groups is 2. The molecule has 2 aromatic heterocycles. The molecule has 0 aliphatic rings. The smallest absolute Gasteiger partial charge is 0.336 e. The van der Waals surface area contributed by atoms with Gasteiger partial charge in [0.05, 0.1) is 23.2 Å². The first-order valence-electron chi connectivity index (χ1n) is 9.33. The van der Waals surface area contributed by atoms with E-state index in [1.807, 2.05) is 30.3 Å². The highest BCUT2D eigenvalue weighted by atomic mass is 32.2. The quantitative estimate of drug-likeness (QED) is 0.239. The topological polar surface area (TPSA) is 136 Å². The van der Waals surface area contributed by atoms with Gasteiger partial charge in [-0.15, -0.1) is 5.10 Å². The molecule has 0 saturated carbocycles. The van der Waals surface area contributed by atoms with Gasteiger partial charge in [-0.25, -0.2) is 10.2 Å². The van der Waals surface area contributed by atoms with Gasteiger partial charge < -0.3 is 9.52 Å². The number of nitrogens with zero attached hydrogens (tertiary/aromatic N) is 5. The highest BCUT2D eigenvalue weighted by Gasteiger charge is 2.14. The summed E-state index contributed by atoms with van der Waals surface area (Å²) in [5.41, 5.74) is 3.79. The van der Waals surface area contributed by atoms with Crippen LogP contribution in [0.25, 0.3) is 17.0 Å². The number of nitrogens with one attached hydrogen (secondary N) is 1. The predicted octanol–water partition coefficient (Wildman–Crippen LogP) is 2.86. The van der Waals surface area contributed by atoms with Gasteiger partial charge in [-0.3, -0.25) is 4.79 Å². The molecule has 0 atom stereocenters. The van der Waals surface area contributed by atoms with Crippen LogP contribution in [-0.2, 0) is 4.79 Å². The van der Waals surface area contributed by atoms with Gasteiger partial charge in [-0.2, -0.15) is 9.78 Å². The Morgan fingerprint density at radius 2 is 1.88 bits per heavy atom. The largest absolute Gasteiger partial charge is 0.478 e. The maximum absolute atomic E-state index is 12.1. The first-order valence-corrected chi connectivity index (χ1v) is 10.3. The summed E-state index contributed by atoms with van der Waals surface area (Å²) in [5.74, 6) is -0.590. The van der Waals surface area contributed by atoms with E-state index in [0.717, 1.165) is 5.69 Å². The Morgan fingerprint density at radius 1 is 1.09 bits per heavy atom. The molecular weight excluding hydrogens is 432 g/mol. The lowest BCUT2D eigenvalue weighted by molar-refractivity contribution is -0.118. The molecule has 0 unspecified atom stereocenters. The number of aromatic nitrogens is 4. The third kappa shape index (κ3) is 4.90. The van der Waals surface area contributed by atoms with E-state index in [0.29, 0.717) is 22.2 Å². The highest BCUT2D eigenvalue weighted by molar-refractivity contribution is 7.99. The zero-order valence-electron chi connectivity index (χ0n) is 16.5. The van der Waals surface area contributed by atoms with Gasteiger partial charge in [0.15, 0.2) is 0 Å². The summed E-state index contributed by atoms with van der Waals surface area (Å²) in [6.45, 7) is 0. The second kappa shape index (κ2) is 9.71. The van der Waals surface area contributed by atoms with E-state index in [1.54, 1.807) is 35.0 Å². The monoisotopic (exact) mass is 448 g/mol. The van der Waals surface area contributed by atoms with Crippen molar-refractivity contribution in [3.05, 3.63) is 78.1 Å². The van der Waals surface area contributed by atoms with Crippen molar-refractivity contribution < 1.29 is 19.1 Å². The number of hydrogen-bond donors (Lipinski definition) is 2. The number of aromatic carboxylic acids is 1. The normalized spacial score (nSPS) is 11.0. The molecule has 0 spiro atoms. The van der Waals surface area contributed by atoms with Gasteiger partial charge in [0.1, 0.15) is 11.5 Å². The van der Waals surface area contributed by atoms with Crippen molar-refractivity contribution >= 4 is 29.9 Å². The number of carbonyl (C=O) groups excluding carboxylic acids is 1. The molecule has 0 radical (unpaired) electrons. The van der Waals surface area contributed by atoms with Gasteiger partial charge in [0.2, 0.25) is 5.16 Å². The maximum Gasteiger partial charge on any atom is 0.336 e. The fraction of sp³-hybridized carbons (Fsp3) is 0.0476. The second-order valence-electron chi connectivity index (χ2n) is 6.34. The fourth-order valence-corrected chi connectivity index (χ4v) is 3.47. The van der Waals surface area contributed by atoms with Crippen LogP contribution in [0.1, 0.15) is 16.1 Å². The van der Waals surface area contributed by atoms with Crippen molar-refractivity contribution in [1.29, 1.82) is 0 Å². The molecule has 32 heavy (non-hydrogen) atoms. The molecule has 2 N–H and O–H groups in total. The summed E-state index contributed by atoms with van der Waals surface area (Å²) >= 11 is 1.17. The van der Waals surface area contributed by atoms with E-state index in [2.05, 4.69) is 26.1 Å². The molecule has 0 aliphatic carbocycles. The summed E-state index contributed by atoms with van der Waals surface area (Å²) in [6, 6.07) is 19.1. The Labute approximate surface area is 185 Å². The van der Waals surface area contributed by atoms with Crippen molar-refractivity contribution in [2.75, 3.05) is 5.75 Å². The zero-order chi connectivity index (χ0) is 22.3. The second-order valence-corrected chi connectivity index (χ2v) is 7.29. The molecule has 11 heteroatoms. The average Bonchev–Trinajstić information content (AvgIpc) is 3.48. The molecule has 2 heterocycles. The number of amides is 1. The van der Waals surface area contributed by atoms with Gasteiger partial charge in [-0.1, -0.05) is 48.2 Å². The molecule has 4 aromatic rings. The molecule has 0 fully saturated rings. The lowest BCUT2D eigenvalue weighted by atomic mass is 10.1. The van der Waals surface area contributed by atoms with E-state index in [4.69, 9.17) is 4.42 Å². The summed E-state index contributed by atoms with van der Waals surface area (Å²) in [4.78, 5) is 23.5. The van der Waals surface area contributed by atoms with Crippen molar-refractivity contribution in [3.63, 3.8) is 0 Å². The van der Waals surface area contributed by atoms with Crippen LogP contribution in [0.2, 0.25) is 0 Å². The summed E-state index contributed by atoms with van der Waals surface area (Å²) in [6.07, 6.45) is 1.34. The first-order chi connectivity index (χ1) is 15.6. The number of carboxylic acids is 1. The lowest BCUT2D eigenvalue weighted by Gasteiger charge is -2.03. The van der Waals surface area contributed by atoms with Gasteiger partial charge in [0, 0.05) is 5.56 Å². The van der Waals surface area contributed by atoms with E-state index >= 15 is 0 Å². The summed E-state index contributed by atoms with van der Waals surface area (Å²) in [5, 5.41) is 25.2. The number of carboxylic acid groups (broad SMARTS) is 1. The Balaban J connectivity index is 1.34.